The molecule has 3 N–H and O–H groups in total. The van der Waals surface area contributed by atoms with Gasteiger partial charge in [-0.15, -0.1) is 0 Å². The number of hydrogen-bond acceptors (Lipinski definition) is 4. The molecule has 0 fully saturated rings. The van der Waals surface area contributed by atoms with Crippen LogP contribution in [0.4, 0.5) is 18.9 Å². The molecule has 1 aliphatic rings. The van der Waals surface area contributed by atoms with E-state index in [9.17, 15) is 22.8 Å². The van der Waals surface area contributed by atoms with Gasteiger partial charge in [0.25, 0.3) is 5.56 Å². The number of aromatic nitrogens is 2. The topological polar surface area (TPSA) is 92.1 Å². The molecular formula is C14H11F3N4O2. The van der Waals surface area contributed by atoms with Crippen LogP contribution in [-0.2, 0) is 19.3 Å². The van der Waals surface area contributed by atoms with Gasteiger partial charge in [-0.1, -0.05) is 12.1 Å². The molecule has 2 aromatic rings. The molecule has 1 amide bonds. The maximum absolute atomic E-state index is 13.2. The molecule has 9 heteroatoms. The second kappa shape index (κ2) is 5.11. The van der Waals surface area contributed by atoms with E-state index in [1.165, 1.54) is 11.0 Å². The number of benzene rings is 1. The van der Waals surface area contributed by atoms with Crippen molar-refractivity contribution in [3.8, 4) is 0 Å². The molecule has 2 heterocycles. The zero-order valence-electron chi connectivity index (χ0n) is 11.6. The number of nitrogens with two attached hydrogens (primary N) is 1. The van der Waals surface area contributed by atoms with Gasteiger partial charge in [0.05, 0.1) is 11.9 Å². The smallest absolute Gasteiger partial charge is 0.366 e. The van der Waals surface area contributed by atoms with Gasteiger partial charge >= 0.3 is 6.18 Å². The first-order chi connectivity index (χ1) is 10.8. The molecule has 0 atom stereocenters. The molecule has 120 valence electrons. The molecule has 1 aromatic carbocycles. The van der Waals surface area contributed by atoms with Crippen molar-refractivity contribution in [2.24, 2.45) is 5.73 Å². The van der Waals surface area contributed by atoms with E-state index >= 15 is 0 Å². The summed E-state index contributed by atoms with van der Waals surface area (Å²) in [5.41, 5.74) is 3.87. The number of aromatic amines is 1. The number of amides is 1. The molecule has 1 aliphatic heterocycles. The minimum absolute atomic E-state index is 0.0443. The number of alkyl halides is 3. The quantitative estimate of drug-likeness (QED) is 0.873. The summed E-state index contributed by atoms with van der Waals surface area (Å²) in [4.78, 5) is 24.3. The number of primary amides is 1. The Kier molecular flexibility index (Phi) is 3.35. The standard InChI is InChI=1S/C14H11F3N4O2/c15-14(16,17)11-10(4-19-20-13(11)23)21-5-7-2-1-3-8(12(18)22)9(7)6-21/h1-4H,5-6H2,(H2,18,22)(H,20,23). The third-order valence-corrected chi connectivity index (χ3v) is 3.71. The first-order valence-electron chi connectivity index (χ1n) is 6.59. The molecule has 23 heavy (non-hydrogen) atoms. The van der Waals surface area contributed by atoms with Crippen LogP contribution in [0, 0.1) is 0 Å². The third-order valence-electron chi connectivity index (χ3n) is 3.71. The van der Waals surface area contributed by atoms with Crippen LogP contribution in [0.15, 0.2) is 29.2 Å². The van der Waals surface area contributed by atoms with Crippen molar-refractivity contribution < 1.29 is 18.0 Å². The summed E-state index contributed by atoms with van der Waals surface area (Å²) in [5.74, 6) is -0.649. The average Bonchev–Trinajstić information content (AvgIpc) is 2.88. The lowest BCUT2D eigenvalue weighted by Gasteiger charge is -2.21. The van der Waals surface area contributed by atoms with Crippen LogP contribution < -0.4 is 16.2 Å². The summed E-state index contributed by atoms with van der Waals surface area (Å²) >= 11 is 0. The van der Waals surface area contributed by atoms with Crippen molar-refractivity contribution in [2.45, 2.75) is 19.3 Å². The number of hydrogen-bond donors (Lipinski definition) is 2. The van der Waals surface area contributed by atoms with Gasteiger partial charge < -0.3 is 10.6 Å². The Balaban J connectivity index is 2.08. The van der Waals surface area contributed by atoms with Gasteiger partial charge in [-0.05, 0) is 17.2 Å². The Morgan fingerprint density at radius 2 is 2.04 bits per heavy atom. The van der Waals surface area contributed by atoms with Gasteiger partial charge in [0.15, 0.2) is 0 Å². The van der Waals surface area contributed by atoms with E-state index < -0.39 is 23.2 Å². The fraction of sp³-hybridized carbons (Fsp3) is 0.214. The molecule has 0 unspecified atom stereocenters. The number of halogens is 3. The van der Waals surface area contributed by atoms with Gasteiger partial charge in [0.1, 0.15) is 5.56 Å². The molecule has 0 saturated heterocycles. The molecule has 1 aromatic heterocycles. The van der Waals surface area contributed by atoms with Crippen LogP contribution in [0.3, 0.4) is 0 Å². The minimum Gasteiger partial charge on any atom is -0.366 e. The third kappa shape index (κ3) is 2.54. The van der Waals surface area contributed by atoms with Gasteiger partial charge in [-0.2, -0.15) is 18.3 Å². The maximum Gasteiger partial charge on any atom is 0.423 e. The van der Waals surface area contributed by atoms with E-state index in [0.717, 1.165) is 6.20 Å². The first-order valence-corrected chi connectivity index (χ1v) is 6.59. The molecule has 0 bridgehead atoms. The summed E-state index contributed by atoms with van der Waals surface area (Å²) in [6, 6.07) is 4.84. The highest BCUT2D eigenvalue weighted by Crippen LogP contribution is 2.37. The Labute approximate surface area is 127 Å². The van der Waals surface area contributed by atoms with Crippen LogP contribution in [0.2, 0.25) is 0 Å². The predicted octanol–water partition coefficient (Wildman–Crippen LogP) is 1.41. The fourth-order valence-electron chi connectivity index (χ4n) is 2.73. The number of carbonyl (C=O) groups is 1. The average molecular weight is 324 g/mol. The molecule has 3 rings (SSSR count). The molecule has 0 spiro atoms. The van der Waals surface area contributed by atoms with E-state index in [2.05, 4.69) is 5.10 Å². The summed E-state index contributed by atoms with van der Waals surface area (Å²) in [6.45, 7) is 0.174. The monoisotopic (exact) mass is 324 g/mol. The number of H-pyrrole nitrogens is 1. The van der Waals surface area contributed by atoms with E-state index in [0.29, 0.717) is 11.1 Å². The van der Waals surface area contributed by atoms with E-state index in [1.54, 1.807) is 17.2 Å². The second-order valence-corrected chi connectivity index (χ2v) is 5.12. The zero-order valence-corrected chi connectivity index (χ0v) is 11.6. The molecule has 0 saturated carbocycles. The predicted molar refractivity (Wildman–Crippen MR) is 74.7 cm³/mol. The van der Waals surface area contributed by atoms with Crippen LogP contribution in [-0.4, -0.2) is 16.1 Å². The van der Waals surface area contributed by atoms with Gasteiger partial charge in [0.2, 0.25) is 5.91 Å². The van der Waals surface area contributed by atoms with Crippen LogP contribution >= 0.6 is 0 Å². The number of nitrogens with zero attached hydrogens (tertiary/aromatic N) is 2. The lowest BCUT2D eigenvalue weighted by Crippen LogP contribution is -2.28. The number of anilines is 1. The van der Waals surface area contributed by atoms with Crippen molar-refractivity contribution >= 4 is 11.6 Å². The Morgan fingerprint density at radius 3 is 2.70 bits per heavy atom. The van der Waals surface area contributed by atoms with Crippen LogP contribution in [0.5, 0.6) is 0 Å². The van der Waals surface area contributed by atoms with E-state index in [4.69, 9.17) is 5.73 Å². The first kappa shape index (κ1) is 15.1. The van der Waals surface area contributed by atoms with Crippen LogP contribution in [0.25, 0.3) is 0 Å². The SMILES string of the molecule is NC(=O)c1cccc2c1CN(c1cn[nH]c(=O)c1C(F)(F)F)C2. The highest BCUT2D eigenvalue weighted by molar-refractivity contribution is 5.95. The van der Waals surface area contributed by atoms with E-state index in [1.807, 2.05) is 0 Å². The number of fused-ring (bicyclic) bond motifs is 1. The lowest BCUT2D eigenvalue weighted by molar-refractivity contribution is -0.138. The fourth-order valence-corrected chi connectivity index (χ4v) is 2.73. The summed E-state index contributed by atoms with van der Waals surface area (Å²) in [5, 5.41) is 5.25. The molecule has 0 radical (unpaired) electrons. The van der Waals surface area contributed by atoms with Gasteiger partial charge in [0, 0.05) is 18.7 Å². The maximum atomic E-state index is 13.2. The van der Waals surface area contributed by atoms with Crippen LogP contribution in [0.1, 0.15) is 27.0 Å². The van der Waals surface area contributed by atoms with Crippen molar-refractivity contribution in [1.82, 2.24) is 10.2 Å². The number of rotatable bonds is 2. The normalized spacial score (nSPS) is 14.0. The summed E-state index contributed by atoms with van der Waals surface area (Å²) < 4.78 is 39.5. The Hall–Kier alpha value is -2.84. The highest BCUT2D eigenvalue weighted by atomic mass is 19.4. The van der Waals surface area contributed by atoms with Crippen molar-refractivity contribution in [3.05, 3.63) is 57.0 Å². The number of carbonyl (C=O) groups excluding carboxylic acids is 1. The minimum atomic E-state index is -4.81. The molecular weight excluding hydrogens is 313 g/mol. The Bertz CT molecular complexity index is 845. The summed E-state index contributed by atoms with van der Waals surface area (Å²) in [6.07, 6.45) is -3.85. The summed E-state index contributed by atoms with van der Waals surface area (Å²) in [7, 11) is 0. The molecule has 6 nitrogen and oxygen atoms in total. The van der Waals surface area contributed by atoms with Crippen molar-refractivity contribution in [2.75, 3.05) is 4.90 Å². The largest absolute Gasteiger partial charge is 0.423 e. The zero-order chi connectivity index (χ0) is 16.8. The van der Waals surface area contributed by atoms with E-state index in [-0.39, 0.29) is 24.3 Å². The lowest BCUT2D eigenvalue weighted by atomic mass is 10.0. The number of nitrogens with one attached hydrogen (secondary N) is 1. The Morgan fingerprint density at radius 1 is 1.30 bits per heavy atom. The highest BCUT2D eigenvalue weighted by Gasteiger charge is 2.39. The second-order valence-electron chi connectivity index (χ2n) is 5.12. The van der Waals surface area contributed by atoms with Gasteiger partial charge in [-0.25, -0.2) is 5.10 Å². The van der Waals surface area contributed by atoms with Crippen molar-refractivity contribution in [1.29, 1.82) is 0 Å². The molecule has 0 aliphatic carbocycles. The van der Waals surface area contributed by atoms with Gasteiger partial charge in [-0.3, -0.25) is 9.59 Å². The van der Waals surface area contributed by atoms with Crippen molar-refractivity contribution in [3.63, 3.8) is 0 Å².